The molecule has 10 nitrogen and oxygen atoms in total. The number of benzene rings is 2. The van der Waals surface area contributed by atoms with E-state index in [-0.39, 0.29) is 19.1 Å². The molecule has 0 saturated carbocycles. The Bertz CT molecular complexity index is 1160. The summed E-state index contributed by atoms with van der Waals surface area (Å²) >= 11 is 16.9. The van der Waals surface area contributed by atoms with E-state index in [0.717, 1.165) is 22.3 Å². The van der Waals surface area contributed by atoms with E-state index in [1.54, 1.807) is 0 Å². The number of ether oxygens (including phenoxy) is 5. The summed E-state index contributed by atoms with van der Waals surface area (Å²) in [5.74, 6) is -0.237. The van der Waals surface area contributed by atoms with Gasteiger partial charge in [-0.05, 0) is 22.3 Å². The van der Waals surface area contributed by atoms with E-state index in [4.69, 9.17) is 58.5 Å². The zero-order chi connectivity index (χ0) is 28.9. The molecule has 0 radical (unpaired) electrons. The van der Waals surface area contributed by atoms with Gasteiger partial charge in [-0.3, -0.25) is 0 Å². The maximum Gasteiger partial charge on any atom is 0.508 e. The van der Waals surface area contributed by atoms with Crippen LogP contribution in [-0.4, -0.2) is 83.3 Å². The molecular formula is C27H28Cl3NO9. The van der Waals surface area contributed by atoms with Crippen molar-refractivity contribution >= 4 is 47.1 Å². The molecule has 5 atom stereocenters. The van der Waals surface area contributed by atoms with Crippen LogP contribution in [0.15, 0.2) is 61.2 Å². The maximum atomic E-state index is 12.9. The van der Waals surface area contributed by atoms with Crippen molar-refractivity contribution in [2.75, 3.05) is 26.4 Å². The van der Waals surface area contributed by atoms with Crippen LogP contribution < -0.4 is 5.32 Å². The molecule has 1 saturated heterocycles. The lowest BCUT2D eigenvalue weighted by atomic mass is 9.97. The average Bonchev–Trinajstić information content (AvgIpc) is 3.25. The monoisotopic (exact) mass is 615 g/mol. The number of carbonyl (C=O) groups excluding carboxylic acids is 2. The fourth-order valence-corrected chi connectivity index (χ4v) is 4.89. The molecule has 0 bridgehead atoms. The summed E-state index contributed by atoms with van der Waals surface area (Å²) in [5, 5.41) is 23.0. The predicted octanol–water partition coefficient (Wildman–Crippen LogP) is 4.07. The highest BCUT2D eigenvalue weighted by molar-refractivity contribution is 6.67. The molecule has 4 rings (SSSR count). The second kappa shape index (κ2) is 13.4. The van der Waals surface area contributed by atoms with Crippen LogP contribution in [0.4, 0.5) is 9.59 Å². The predicted molar refractivity (Wildman–Crippen MR) is 146 cm³/mol. The smallest absolute Gasteiger partial charge is 0.445 e. The van der Waals surface area contributed by atoms with Gasteiger partial charge < -0.3 is 39.2 Å². The minimum Gasteiger partial charge on any atom is -0.445 e. The molecule has 0 aromatic heterocycles. The number of hydrogen-bond donors (Lipinski definition) is 3. The summed E-state index contributed by atoms with van der Waals surface area (Å²) in [6.07, 6.45) is -6.32. The first-order valence-electron chi connectivity index (χ1n) is 12.3. The molecule has 3 N–H and O–H groups in total. The second-order valence-electron chi connectivity index (χ2n) is 9.07. The Kier molecular flexibility index (Phi) is 10.2. The van der Waals surface area contributed by atoms with Crippen molar-refractivity contribution in [2.24, 2.45) is 0 Å². The molecule has 40 heavy (non-hydrogen) atoms. The van der Waals surface area contributed by atoms with Crippen LogP contribution in [0.1, 0.15) is 17.0 Å². The van der Waals surface area contributed by atoms with Gasteiger partial charge in [0.1, 0.15) is 31.5 Å². The van der Waals surface area contributed by atoms with E-state index in [1.165, 1.54) is 6.08 Å². The highest BCUT2D eigenvalue weighted by Gasteiger charge is 2.49. The van der Waals surface area contributed by atoms with Gasteiger partial charge in [0, 0.05) is 5.92 Å². The lowest BCUT2D eigenvalue weighted by Gasteiger charge is -2.43. The molecule has 1 amide bonds. The fourth-order valence-electron chi connectivity index (χ4n) is 4.73. The number of fused-ring (bicyclic) bond motifs is 3. The van der Waals surface area contributed by atoms with Crippen molar-refractivity contribution in [3.63, 3.8) is 0 Å². The topological polar surface area (TPSA) is 133 Å². The largest absolute Gasteiger partial charge is 0.508 e. The number of carbonyl (C=O) groups is 2. The number of alkyl carbamates (subject to hydrolysis) is 1. The number of nitrogens with one attached hydrogen (secondary N) is 1. The third-order valence-electron chi connectivity index (χ3n) is 6.45. The maximum absolute atomic E-state index is 12.9. The van der Waals surface area contributed by atoms with Gasteiger partial charge in [0.25, 0.3) is 0 Å². The highest BCUT2D eigenvalue weighted by Crippen LogP contribution is 2.44. The molecule has 2 aromatic carbocycles. The van der Waals surface area contributed by atoms with E-state index in [0.29, 0.717) is 0 Å². The van der Waals surface area contributed by atoms with Crippen LogP contribution >= 0.6 is 34.8 Å². The fraction of sp³-hybridized carbons (Fsp3) is 0.407. The van der Waals surface area contributed by atoms with E-state index in [9.17, 15) is 19.8 Å². The van der Waals surface area contributed by atoms with Crippen LogP contribution in [-0.2, 0) is 23.7 Å². The third kappa shape index (κ3) is 7.19. The molecular weight excluding hydrogens is 589 g/mol. The van der Waals surface area contributed by atoms with E-state index in [1.807, 2.05) is 48.5 Å². The third-order valence-corrected chi connectivity index (χ3v) is 6.77. The summed E-state index contributed by atoms with van der Waals surface area (Å²) in [6, 6.07) is 14.3. The Morgan fingerprint density at radius 2 is 1.68 bits per heavy atom. The van der Waals surface area contributed by atoms with Crippen molar-refractivity contribution < 1.29 is 43.5 Å². The molecule has 0 spiro atoms. The van der Waals surface area contributed by atoms with Gasteiger partial charge in [-0.15, -0.1) is 6.58 Å². The number of aliphatic hydroxyl groups is 2. The Morgan fingerprint density at radius 3 is 2.25 bits per heavy atom. The Morgan fingerprint density at radius 1 is 1.05 bits per heavy atom. The van der Waals surface area contributed by atoms with Crippen LogP contribution in [0.5, 0.6) is 0 Å². The summed E-state index contributed by atoms with van der Waals surface area (Å²) in [7, 11) is 0. The molecule has 216 valence electrons. The first kappa shape index (κ1) is 30.4. The summed E-state index contributed by atoms with van der Waals surface area (Å²) in [5.41, 5.74) is 4.09. The summed E-state index contributed by atoms with van der Waals surface area (Å²) in [6.45, 7) is 2.26. The average molecular weight is 617 g/mol. The SMILES string of the molecule is C=CCO[C@H]1O[C@H](CO)[C@@H](O)[C@H](OC(=O)OCC2c3ccccc3-c3ccccc32)[C@H]1NC(=O)OCC(Cl)(Cl)Cl. The lowest BCUT2D eigenvalue weighted by molar-refractivity contribution is -0.267. The quantitative estimate of drug-likeness (QED) is 0.217. The molecule has 1 aliphatic heterocycles. The minimum absolute atomic E-state index is 0.0298. The zero-order valence-electron chi connectivity index (χ0n) is 21.1. The van der Waals surface area contributed by atoms with Crippen LogP contribution in [0.2, 0.25) is 0 Å². The normalized spacial score (nSPS) is 24.0. The molecule has 0 unspecified atom stereocenters. The van der Waals surface area contributed by atoms with Gasteiger partial charge in [0.2, 0.25) is 3.79 Å². The van der Waals surface area contributed by atoms with Gasteiger partial charge in [-0.1, -0.05) is 89.4 Å². The van der Waals surface area contributed by atoms with E-state index in [2.05, 4.69) is 11.9 Å². The Hall–Kier alpha value is -2.57. The number of halogens is 3. The molecule has 1 heterocycles. The molecule has 1 fully saturated rings. The van der Waals surface area contributed by atoms with Crippen LogP contribution in [0, 0.1) is 0 Å². The minimum atomic E-state index is -1.88. The van der Waals surface area contributed by atoms with Gasteiger partial charge in [-0.25, -0.2) is 9.59 Å². The second-order valence-corrected chi connectivity index (χ2v) is 11.6. The van der Waals surface area contributed by atoms with E-state index >= 15 is 0 Å². The van der Waals surface area contributed by atoms with Gasteiger partial charge in [0.15, 0.2) is 12.4 Å². The Labute approximate surface area is 245 Å². The molecule has 13 heteroatoms. The first-order chi connectivity index (χ1) is 19.1. The van der Waals surface area contributed by atoms with Crippen molar-refractivity contribution in [1.82, 2.24) is 5.32 Å². The number of amides is 1. The van der Waals surface area contributed by atoms with Crippen molar-refractivity contribution in [2.45, 2.75) is 40.4 Å². The van der Waals surface area contributed by atoms with Gasteiger partial charge in [0.05, 0.1) is 13.2 Å². The molecule has 2 aliphatic rings. The van der Waals surface area contributed by atoms with Gasteiger partial charge in [-0.2, -0.15) is 0 Å². The van der Waals surface area contributed by atoms with Crippen LogP contribution in [0.3, 0.4) is 0 Å². The van der Waals surface area contributed by atoms with Crippen molar-refractivity contribution in [3.8, 4) is 11.1 Å². The van der Waals surface area contributed by atoms with E-state index < -0.39 is 59.9 Å². The standard InChI is InChI=1S/C27H28Cl3NO9/c1-2-11-36-24-21(31-25(34)38-14-27(28,29)30)23(22(33)20(12-32)39-24)40-26(35)37-13-19-17-9-5-3-7-15(17)16-8-4-6-10-18(16)19/h2-10,19-24,32-33H,1,11-14H2,(H,31,34)/t20-,21-,22-,23-,24+/m1/s1. The molecule has 2 aromatic rings. The Balaban J connectivity index is 1.49. The number of hydrogen-bond acceptors (Lipinski definition) is 9. The summed E-state index contributed by atoms with van der Waals surface area (Å²) in [4.78, 5) is 25.4. The van der Waals surface area contributed by atoms with Crippen LogP contribution in [0.25, 0.3) is 11.1 Å². The zero-order valence-corrected chi connectivity index (χ0v) is 23.3. The van der Waals surface area contributed by atoms with Crippen molar-refractivity contribution in [1.29, 1.82) is 0 Å². The number of aliphatic hydroxyl groups excluding tert-OH is 2. The first-order valence-corrected chi connectivity index (χ1v) is 13.4. The highest BCUT2D eigenvalue weighted by atomic mass is 35.6. The molecule has 1 aliphatic carbocycles. The lowest BCUT2D eigenvalue weighted by Crippen LogP contribution is -2.66. The number of rotatable bonds is 9. The number of alkyl halides is 3. The van der Waals surface area contributed by atoms with Crippen molar-refractivity contribution in [3.05, 3.63) is 72.3 Å². The summed E-state index contributed by atoms with van der Waals surface area (Å²) < 4.78 is 25.2. The van der Waals surface area contributed by atoms with Gasteiger partial charge >= 0.3 is 12.2 Å².